The second-order valence-electron chi connectivity index (χ2n) is 2.34. The molecule has 0 fully saturated rings. The van der Waals surface area contributed by atoms with Gasteiger partial charge in [0.25, 0.3) is 0 Å². The van der Waals surface area contributed by atoms with E-state index in [1.165, 1.54) is 18.9 Å². The van der Waals surface area contributed by atoms with Gasteiger partial charge < -0.3 is 4.52 Å². The van der Waals surface area contributed by atoms with Crippen molar-refractivity contribution in [3.05, 3.63) is 12.2 Å². The molecule has 0 saturated carbocycles. The van der Waals surface area contributed by atoms with Crippen molar-refractivity contribution in [2.75, 3.05) is 0 Å². The average molecular weight is 174 g/mol. The van der Waals surface area contributed by atoms with Gasteiger partial charge >= 0.3 is 5.97 Å². The maximum absolute atomic E-state index is 10.5. The van der Waals surface area contributed by atoms with Crippen molar-refractivity contribution in [1.82, 2.24) is 0 Å². The highest BCUT2D eigenvalue weighted by Crippen LogP contribution is 2.00. The Morgan fingerprint density at radius 1 is 1.55 bits per heavy atom. The maximum atomic E-state index is 10.5. The summed E-state index contributed by atoms with van der Waals surface area (Å²) in [6, 6.07) is 0. The van der Waals surface area contributed by atoms with E-state index >= 15 is 0 Å². The van der Waals surface area contributed by atoms with E-state index in [0.29, 0.717) is 0 Å². The summed E-state index contributed by atoms with van der Waals surface area (Å²) in [5.74, 6) is -0.300. The van der Waals surface area contributed by atoms with Crippen LogP contribution in [0, 0.1) is 0 Å². The van der Waals surface area contributed by atoms with E-state index in [-0.39, 0.29) is 5.97 Å². The third-order valence-electron chi connectivity index (χ3n) is 1.34. The van der Waals surface area contributed by atoms with Gasteiger partial charge in [-0.2, -0.15) is 0 Å². The van der Waals surface area contributed by atoms with Crippen LogP contribution in [0.4, 0.5) is 0 Å². The van der Waals surface area contributed by atoms with Crippen LogP contribution in [0.15, 0.2) is 12.2 Å². The van der Waals surface area contributed by atoms with Crippen molar-refractivity contribution in [3.63, 3.8) is 0 Å². The Hall–Kier alpha value is -0.360. The number of rotatable bonds is 5. The minimum Gasteiger partial charge on any atom is -0.448 e. The van der Waals surface area contributed by atoms with Crippen LogP contribution in [0.2, 0.25) is 0 Å². The third-order valence-corrected chi connectivity index (χ3v) is 1.58. The van der Waals surface area contributed by atoms with Gasteiger partial charge in [-0.15, -0.1) is 0 Å². The number of carbonyl (C=O) groups excluding carboxylic acids is 1. The number of hydrogen-bond donors (Lipinski definition) is 0. The van der Waals surface area contributed by atoms with Crippen LogP contribution >= 0.6 is 9.47 Å². The highest BCUT2D eigenvalue weighted by Gasteiger charge is 1.88. The Morgan fingerprint density at radius 3 is 2.82 bits per heavy atom. The molecule has 0 saturated heterocycles. The van der Waals surface area contributed by atoms with Crippen LogP contribution < -0.4 is 0 Å². The van der Waals surface area contributed by atoms with Gasteiger partial charge in [0.05, 0.1) is 9.47 Å². The largest absolute Gasteiger partial charge is 0.448 e. The molecule has 0 aromatic heterocycles. The van der Waals surface area contributed by atoms with E-state index in [2.05, 4.69) is 11.4 Å². The molecule has 0 aromatic rings. The van der Waals surface area contributed by atoms with Crippen molar-refractivity contribution >= 4 is 15.4 Å². The van der Waals surface area contributed by atoms with Crippen molar-refractivity contribution in [2.24, 2.45) is 0 Å². The lowest BCUT2D eigenvalue weighted by molar-refractivity contribution is -0.127. The van der Waals surface area contributed by atoms with Crippen LogP contribution in [0.5, 0.6) is 0 Å². The molecule has 0 amide bonds. The first-order chi connectivity index (χ1) is 5.31. The molecule has 0 heterocycles. The topological polar surface area (TPSA) is 26.3 Å². The molecule has 0 aliphatic rings. The third kappa shape index (κ3) is 7.54. The van der Waals surface area contributed by atoms with E-state index in [0.717, 1.165) is 12.8 Å². The molecule has 0 N–H and O–H groups in total. The lowest BCUT2D eigenvalue weighted by atomic mass is 10.2. The fourth-order valence-corrected chi connectivity index (χ4v) is 0.810. The summed E-state index contributed by atoms with van der Waals surface area (Å²) >= 11 is 0. The average Bonchev–Trinajstić information content (AvgIpc) is 2.04. The predicted octanol–water partition coefficient (Wildman–Crippen LogP) is 2.46. The molecule has 0 radical (unpaired) electrons. The van der Waals surface area contributed by atoms with Crippen LogP contribution in [0.1, 0.15) is 32.6 Å². The first-order valence-electron chi connectivity index (χ1n) is 3.88. The molecule has 0 aliphatic heterocycles. The predicted molar refractivity (Wildman–Crippen MR) is 49.1 cm³/mol. The molecule has 1 unspecified atom stereocenters. The van der Waals surface area contributed by atoms with Gasteiger partial charge in [-0.05, 0) is 12.8 Å². The van der Waals surface area contributed by atoms with E-state index < -0.39 is 0 Å². The SMILES string of the molecule is CCCCC/C=C/C(=O)OP. The fourth-order valence-electron chi connectivity index (χ4n) is 0.731. The first-order valence-corrected chi connectivity index (χ1v) is 4.35. The first kappa shape index (κ1) is 10.6. The Bertz CT molecular complexity index is 132. The second kappa shape index (κ2) is 7.74. The van der Waals surface area contributed by atoms with Gasteiger partial charge in [0, 0.05) is 6.08 Å². The highest BCUT2D eigenvalue weighted by molar-refractivity contribution is 7.10. The zero-order chi connectivity index (χ0) is 8.53. The smallest absolute Gasteiger partial charge is 0.332 e. The lowest BCUT2D eigenvalue weighted by Gasteiger charge is -1.91. The molecule has 0 aromatic carbocycles. The second-order valence-corrected chi connectivity index (χ2v) is 2.57. The summed E-state index contributed by atoms with van der Waals surface area (Å²) in [6.45, 7) is 2.15. The van der Waals surface area contributed by atoms with Crippen LogP contribution in [0.25, 0.3) is 0 Å². The van der Waals surface area contributed by atoms with Gasteiger partial charge in [-0.25, -0.2) is 4.79 Å². The quantitative estimate of drug-likeness (QED) is 0.363. The molecular weight excluding hydrogens is 159 g/mol. The zero-order valence-electron chi connectivity index (χ0n) is 6.88. The number of allylic oxidation sites excluding steroid dienone is 1. The van der Waals surface area contributed by atoms with E-state index in [1.807, 2.05) is 15.5 Å². The summed E-state index contributed by atoms with van der Waals surface area (Å²) in [6.07, 6.45) is 7.86. The molecule has 0 bridgehead atoms. The number of carbonyl (C=O) groups is 1. The normalized spacial score (nSPS) is 10.4. The molecule has 0 spiro atoms. The van der Waals surface area contributed by atoms with Crippen molar-refractivity contribution in [1.29, 1.82) is 0 Å². The molecule has 64 valence electrons. The molecule has 0 aliphatic carbocycles. The Kier molecular flexibility index (Phi) is 7.49. The van der Waals surface area contributed by atoms with E-state index in [1.54, 1.807) is 0 Å². The molecule has 1 atom stereocenters. The van der Waals surface area contributed by atoms with E-state index in [4.69, 9.17) is 0 Å². The van der Waals surface area contributed by atoms with Crippen LogP contribution in [-0.2, 0) is 9.32 Å². The number of unbranched alkanes of at least 4 members (excludes halogenated alkanes) is 3. The molecule has 2 nitrogen and oxygen atoms in total. The van der Waals surface area contributed by atoms with E-state index in [9.17, 15) is 4.79 Å². The van der Waals surface area contributed by atoms with Crippen molar-refractivity contribution in [2.45, 2.75) is 32.6 Å². The monoisotopic (exact) mass is 174 g/mol. The van der Waals surface area contributed by atoms with Gasteiger partial charge in [-0.3, -0.25) is 0 Å². The molecule has 11 heavy (non-hydrogen) atoms. The summed E-state index contributed by atoms with van der Waals surface area (Å²) < 4.78 is 4.35. The Labute approximate surface area is 70.3 Å². The Morgan fingerprint density at radius 2 is 2.27 bits per heavy atom. The highest BCUT2D eigenvalue weighted by atomic mass is 31.0. The fraction of sp³-hybridized carbons (Fsp3) is 0.625. The minimum absolute atomic E-state index is 0.300. The van der Waals surface area contributed by atoms with Crippen molar-refractivity contribution < 1.29 is 9.32 Å². The van der Waals surface area contributed by atoms with Gasteiger partial charge in [0.15, 0.2) is 0 Å². The Balaban J connectivity index is 3.22. The standard InChI is InChI=1S/C8H15O2P/c1-2-3-4-5-6-7-8(9)10-11/h6-7H,2-5,11H2,1H3/b7-6+. The zero-order valence-corrected chi connectivity index (χ0v) is 8.03. The van der Waals surface area contributed by atoms with Crippen molar-refractivity contribution in [3.8, 4) is 0 Å². The lowest BCUT2D eigenvalue weighted by Crippen LogP contribution is -1.88. The van der Waals surface area contributed by atoms with Crippen LogP contribution in [-0.4, -0.2) is 5.97 Å². The number of hydrogen-bond acceptors (Lipinski definition) is 2. The van der Waals surface area contributed by atoms with Gasteiger partial charge in [-0.1, -0.05) is 25.8 Å². The van der Waals surface area contributed by atoms with Gasteiger partial charge in [0.2, 0.25) is 0 Å². The summed E-state index contributed by atoms with van der Waals surface area (Å²) in [7, 11) is 1.93. The summed E-state index contributed by atoms with van der Waals surface area (Å²) in [5, 5.41) is 0. The van der Waals surface area contributed by atoms with Gasteiger partial charge in [0.1, 0.15) is 0 Å². The maximum Gasteiger partial charge on any atom is 0.332 e. The molecular formula is C8H15O2P. The summed E-state index contributed by atoms with van der Waals surface area (Å²) in [5.41, 5.74) is 0. The minimum atomic E-state index is -0.300. The summed E-state index contributed by atoms with van der Waals surface area (Å²) in [4.78, 5) is 10.5. The molecule has 0 rings (SSSR count). The molecule has 3 heteroatoms. The van der Waals surface area contributed by atoms with Crippen LogP contribution in [0.3, 0.4) is 0 Å².